The maximum Gasteiger partial charge on any atom is 0.344 e. The van der Waals surface area contributed by atoms with Crippen molar-refractivity contribution in [2.45, 2.75) is 13.5 Å². The standard InChI is InChI=1S/C17H18N2O4/c1-12-5-7-13(8-6-12)10-19(2)15(20)11-23-17(22)14-4-3-9-18-16(14)21/h3-9H,10-11H2,1-2H3,(H,18,21). The summed E-state index contributed by atoms with van der Waals surface area (Å²) in [7, 11) is 1.63. The van der Waals surface area contributed by atoms with Crippen LogP contribution in [-0.2, 0) is 16.1 Å². The largest absolute Gasteiger partial charge is 0.452 e. The van der Waals surface area contributed by atoms with E-state index in [1.165, 1.54) is 23.2 Å². The Kier molecular flexibility index (Phi) is 5.30. The van der Waals surface area contributed by atoms with Gasteiger partial charge in [0.05, 0.1) is 0 Å². The summed E-state index contributed by atoms with van der Waals surface area (Å²) in [5.74, 6) is -1.16. The lowest BCUT2D eigenvalue weighted by atomic mass is 10.1. The Balaban J connectivity index is 1.89. The number of aromatic amines is 1. The van der Waals surface area contributed by atoms with Crippen LogP contribution in [0.15, 0.2) is 47.4 Å². The fraction of sp³-hybridized carbons (Fsp3) is 0.235. The lowest BCUT2D eigenvalue weighted by Crippen LogP contribution is -2.31. The molecular weight excluding hydrogens is 296 g/mol. The molecule has 1 aromatic heterocycles. The summed E-state index contributed by atoms with van der Waals surface area (Å²) in [6, 6.07) is 10.7. The van der Waals surface area contributed by atoms with Crippen LogP contribution in [0, 0.1) is 6.92 Å². The SMILES string of the molecule is Cc1ccc(CN(C)C(=O)COC(=O)c2ccc[nH]c2=O)cc1. The molecule has 0 unspecified atom stereocenters. The number of carbonyl (C=O) groups is 2. The van der Waals surface area contributed by atoms with E-state index in [0.717, 1.165) is 11.1 Å². The number of aromatic nitrogens is 1. The molecule has 0 aliphatic rings. The first-order chi connectivity index (χ1) is 11.0. The summed E-state index contributed by atoms with van der Waals surface area (Å²) in [4.78, 5) is 39.1. The number of hydrogen-bond donors (Lipinski definition) is 1. The highest BCUT2D eigenvalue weighted by atomic mass is 16.5. The molecule has 0 aliphatic heterocycles. The molecule has 0 saturated carbocycles. The van der Waals surface area contributed by atoms with Crippen LogP contribution in [0.3, 0.4) is 0 Å². The number of benzene rings is 1. The van der Waals surface area contributed by atoms with Gasteiger partial charge in [0.15, 0.2) is 6.61 Å². The van der Waals surface area contributed by atoms with Crippen molar-refractivity contribution in [1.29, 1.82) is 0 Å². The molecule has 0 bridgehead atoms. The van der Waals surface area contributed by atoms with Gasteiger partial charge in [0.1, 0.15) is 5.56 Å². The van der Waals surface area contributed by atoms with E-state index >= 15 is 0 Å². The van der Waals surface area contributed by atoms with Crippen LogP contribution in [0.25, 0.3) is 0 Å². The molecule has 2 rings (SSSR count). The molecule has 6 nitrogen and oxygen atoms in total. The van der Waals surface area contributed by atoms with Crippen LogP contribution in [-0.4, -0.2) is 35.4 Å². The Hall–Kier alpha value is -2.89. The summed E-state index contributed by atoms with van der Waals surface area (Å²) in [5, 5.41) is 0. The van der Waals surface area contributed by atoms with Gasteiger partial charge in [0.2, 0.25) is 0 Å². The molecule has 0 saturated heterocycles. The minimum absolute atomic E-state index is 0.124. The van der Waals surface area contributed by atoms with Crippen molar-refractivity contribution < 1.29 is 14.3 Å². The number of likely N-dealkylation sites (N-methyl/N-ethyl adjacent to an activating group) is 1. The van der Waals surface area contributed by atoms with Crippen molar-refractivity contribution in [2.24, 2.45) is 0 Å². The molecule has 2 aromatic rings. The number of H-pyrrole nitrogens is 1. The van der Waals surface area contributed by atoms with Gasteiger partial charge in [-0.25, -0.2) is 4.79 Å². The van der Waals surface area contributed by atoms with Gasteiger partial charge in [-0.2, -0.15) is 0 Å². The van der Waals surface area contributed by atoms with Gasteiger partial charge < -0.3 is 14.6 Å². The van der Waals surface area contributed by atoms with E-state index in [0.29, 0.717) is 6.54 Å². The van der Waals surface area contributed by atoms with Gasteiger partial charge in [0.25, 0.3) is 11.5 Å². The molecule has 0 aliphatic carbocycles. The van der Waals surface area contributed by atoms with Crippen molar-refractivity contribution in [3.63, 3.8) is 0 Å². The van der Waals surface area contributed by atoms with Crippen molar-refractivity contribution >= 4 is 11.9 Å². The van der Waals surface area contributed by atoms with Gasteiger partial charge in [-0.1, -0.05) is 29.8 Å². The van der Waals surface area contributed by atoms with Gasteiger partial charge in [-0.15, -0.1) is 0 Å². The van der Waals surface area contributed by atoms with Gasteiger partial charge >= 0.3 is 5.97 Å². The first kappa shape index (κ1) is 16.5. The van der Waals surface area contributed by atoms with E-state index in [9.17, 15) is 14.4 Å². The number of carbonyl (C=O) groups excluding carboxylic acids is 2. The van der Waals surface area contributed by atoms with Crippen LogP contribution >= 0.6 is 0 Å². The van der Waals surface area contributed by atoms with E-state index in [4.69, 9.17) is 4.74 Å². The molecule has 1 heterocycles. The predicted octanol–water partition coefficient (Wildman–Crippen LogP) is 1.50. The maximum absolute atomic E-state index is 12.0. The number of aryl methyl sites for hydroxylation is 1. The van der Waals surface area contributed by atoms with Crippen molar-refractivity contribution in [3.05, 3.63) is 69.6 Å². The van der Waals surface area contributed by atoms with Crippen LogP contribution in [0.1, 0.15) is 21.5 Å². The first-order valence-corrected chi connectivity index (χ1v) is 7.11. The highest BCUT2D eigenvalue weighted by molar-refractivity contribution is 5.90. The summed E-state index contributed by atoms with van der Waals surface area (Å²) in [5.41, 5.74) is 1.46. The first-order valence-electron chi connectivity index (χ1n) is 7.11. The Morgan fingerprint density at radius 3 is 2.52 bits per heavy atom. The second kappa shape index (κ2) is 7.40. The topological polar surface area (TPSA) is 79.5 Å². The quantitative estimate of drug-likeness (QED) is 0.848. The van der Waals surface area contributed by atoms with Crippen LogP contribution < -0.4 is 5.56 Å². The number of amides is 1. The molecule has 0 atom stereocenters. The number of nitrogens with zero attached hydrogens (tertiary/aromatic N) is 1. The molecule has 0 fully saturated rings. The molecule has 1 aromatic carbocycles. The Morgan fingerprint density at radius 1 is 1.17 bits per heavy atom. The minimum atomic E-state index is -0.816. The number of ether oxygens (including phenoxy) is 1. The molecule has 1 N–H and O–H groups in total. The minimum Gasteiger partial charge on any atom is -0.452 e. The average molecular weight is 314 g/mol. The third kappa shape index (κ3) is 4.54. The van der Waals surface area contributed by atoms with Crippen LogP contribution in [0.2, 0.25) is 0 Å². The third-order valence-corrected chi connectivity index (χ3v) is 3.33. The van der Waals surface area contributed by atoms with E-state index in [-0.39, 0.29) is 11.5 Å². The molecule has 120 valence electrons. The molecular formula is C17H18N2O4. The molecule has 23 heavy (non-hydrogen) atoms. The number of hydrogen-bond acceptors (Lipinski definition) is 4. The van der Waals surface area contributed by atoms with Crippen molar-refractivity contribution in [2.75, 3.05) is 13.7 Å². The highest BCUT2D eigenvalue weighted by Crippen LogP contribution is 2.06. The Labute approximate surface area is 133 Å². The fourth-order valence-electron chi connectivity index (χ4n) is 1.95. The monoisotopic (exact) mass is 314 g/mol. The Bertz CT molecular complexity index is 750. The number of pyridine rings is 1. The van der Waals surface area contributed by atoms with E-state index in [1.54, 1.807) is 7.05 Å². The van der Waals surface area contributed by atoms with Gasteiger partial charge in [-0.3, -0.25) is 9.59 Å². The van der Waals surface area contributed by atoms with E-state index in [2.05, 4.69) is 4.98 Å². The second-order valence-corrected chi connectivity index (χ2v) is 5.22. The summed E-state index contributed by atoms with van der Waals surface area (Å²) in [6.45, 7) is 2.00. The number of nitrogens with one attached hydrogen (secondary N) is 1. The summed E-state index contributed by atoms with van der Waals surface area (Å²) in [6.07, 6.45) is 1.42. The lowest BCUT2D eigenvalue weighted by molar-refractivity contribution is -0.133. The smallest absolute Gasteiger partial charge is 0.344 e. The fourth-order valence-corrected chi connectivity index (χ4v) is 1.95. The highest BCUT2D eigenvalue weighted by Gasteiger charge is 2.15. The molecule has 0 radical (unpaired) electrons. The normalized spacial score (nSPS) is 10.2. The summed E-state index contributed by atoms with van der Waals surface area (Å²) >= 11 is 0. The van der Waals surface area contributed by atoms with E-state index < -0.39 is 18.1 Å². The molecule has 1 amide bonds. The zero-order valence-corrected chi connectivity index (χ0v) is 13.0. The summed E-state index contributed by atoms with van der Waals surface area (Å²) < 4.78 is 4.90. The number of rotatable bonds is 5. The zero-order valence-electron chi connectivity index (χ0n) is 13.0. The predicted molar refractivity (Wildman–Crippen MR) is 85.0 cm³/mol. The maximum atomic E-state index is 12.0. The van der Waals surface area contributed by atoms with E-state index in [1.807, 2.05) is 31.2 Å². The van der Waals surface area contributed by atoms with Crippen molar-refractivity contribution in [1.82, 2.24) is 9.88 Å². The van der Waals surface area contributed by atoms with Crippen molar-refractivity contribution in [3.8, 4) is 0 Å². The van der Waals surface area contributed by atoms with Crippen LogP contribution in [0.4, 0.5) is 0 Å². The lowest BCUT2D eigenvalue weighted by Gasteiger charge is -2.17. The zero-order chi connectivity index (χ0) is 16.8. The second-order valence-electron chi connectivity index (χ2n) is 5.22. The molecule has 6 heteroatoms. The molecule has 0 spiro atoms. The Morgan fingerprint density at radius 2 is 1.87 bits per heavy atom. The third-order valence-electron chi connectivity index (χ3n) is 3.33. The van der Waals surface area contributed by atoms with Gasteiger partial charge in [0, 0.05) is 19.8 Å². The number of esters is 1. The average Bonchev–Trinajstić information content (AvgIpc) is 2.54. The van der Waals surface area contributed by atoms with Crippen LogP contribution in [0.5, 0.6) is 0 Å². The van der Waals surface area contributed by atoms with Gasteiger partial charge in [-0.05, 0) is 24.6 Å².